The smallest absolute Gasteiger partial charge is 0.330 e. The fourth-order valence-corrected chi connectivity index (χ4v) is 2.28. The van der Waals surface area contributed by atoms with E-state index >= 15 is 0 Å². The Morgan fingerprint density at radius 3 is 2.56 bits per heavy atom. The average molecular weight is 253 g/mol. The van der Waals surface area contributed by atoms with Gasteiger partial charge < -0.3 is 15.0 Å². The molecule has 1 saturated carbocycles. The molecule has 1 aromatic rings. The molecule has 0 spiro atoms. The maximum absolute atomic E-state index is 11.9. The molecule has 0 aromatic carbocycles. The van der Waals surface area contributed by atoms with E-state index in [1.807, 2.05) is 0 Å². The second kappa shape index (κ2) is 4.70. The largest absolute Gasteiger partial charge is 0.394 e. The minimum atomic E-state index is -0.329. The zero-order valence-electron chi connectivity index (χ0n) is 10.8. The van der Waals surface area contributed by atoms with Gasteiger partial charge in [0.25, 0.3) is 5.56 Å². The Balaban J connectivity index is 2.20. The number of hydrogen-bond donors (Lipinski definition) is 2. The molecule has 6 nitrogen and oxygen atoms in total. The summed E-state index contributed by atoms with van der Waals surface area (Å²) < 4.78 is 2.49. The predicted molar refractivity (Wildman–Crippen MR) is 67.4 cm³/mol. The van der Waals surface area contributed by atoms with Crippen LogP contribution in [0.5, 0.6) is 0 Å². The van der Waals surface area contributed by atoms with Crippen molar-refractivity contribution in [3.63, 3.8) is 0 Å². The first kappa shape index (κ1) is 13.0. The van der Waals surface area contributed by atoms with E-state index in [2.05, 4.69) is 5.32 Å². The van der Waals surface area contributed by atoms with Gasteiger partial charge in [0.15, 0.2) is 0 Å². The molecule has 0 saturated heterocycles. The molecule has 6 heteroatoms. The van der Waals surface area contributed by atoms with Crippen molar-refractivity contribution in [3.8, 4) is 0 Å². The van der Waals surface area contributed by atoms with Gasteiger partial charge in [-0.05, 0) is 19.3 Å². The average Bonchev–Trinajstić information content (AvgIpc) is 2.32. The summed E-state index contributed by atoms with van der Waals surface area (Å²) in [4.78, 5) is 23.4. The van der Waals surface area contributed by atoms with Crippen LogP contribution in [0.15, 0.2) is 15.8 Å². The monoisotopic (exact) mass is 253 g/mol. The molecule has 1 heterocycles. The van der Waals surface area contributed by atoms with Gasteiger partial charge in [0, 0.05) is 37.9 Å². The van der Waals surface area contributed by atoms with Crippen molar-refractivity contribution in [3.05, 3.63) is 32.6 Å². The lowest BCUT2D eigenvalue weighted by atomic mass is 9.77. The molecule has 0 amide bonds. The molecule has 0 aliphatic heterocycles. The Kier molecular flexibility index (Phi) is 3.41. The van der Waals surface area contributed by atoms with Crippen LogP contribution in [0.25, 0.3) is 0 Å². The topological polar surface area (TPSA) is 76.3 Å². The molecule has 0 unspecified atom stereocenters. The summed E-state index contributed by atoms with van der Waals surface area (Å²) in [5.74, 6) is 0. The van der Waals surface area contributed by atoms with Crippen molar-refractivity contribution in [2.75, 3.05) is 6.61 Å². The van der Waals surface area contributed by atoms with Crippen LogP contribution in [0, 0.1) is 0 Å². The van der Waals surface area contributed by atoms with E-state index in [0.29, 0.717) is 12.1 Å². The summed E-state index contributed by atoms with van der Waals surface area (Å²) in [6.45, 7) is 0.459. The quantitative estimate of drug-likeness (QED) is 0.728. The van der Waals surface area contributed by atoms with Crippen molar-refractivity contribution in [1.29, 1.82) is 0 Å². The maximum atomic E-state index is 11.9. The molecule has 0 radical (unpaired) electrons. The Labute approximate surface area is 105 Å². The number of aryl methyl sites for hydroxylation is 1. The second-order valence-corrected chi connectivity index (χ2v) is 5.06. The summed E-state index contributed by atoms with van der Waals surface area (Å²) in [5, 5.41) is 12.6. The van der Waals surface area contributed by atoms with Crippen molar-refractivity contribution in [2.45, 2.75) is 31.3 Å². The van der Waals surface area contributed by atoms with Crippen LogP contribution in [0.1, 0.15) is 24.8 Å². The van der Waals surface area contributed by atoms with Crippen LogP contribution < -0.4 is 16.6 Å². The fourth-order valence-electron chi connectivity index (χ4n) is 2.28. The van der Waals surface area contributed by atoms with Crippen molar-refractivity contribution >= 4 is 0 Å². The summed E-state index contributed by atoms with van der Waals surface area (Å²) in [6.07, 6.45) is 4.51. The van der Waals surface area contributed by atoms with Gasteiger partial charge in [-0.1, -0.05) is 0 Å². The Bertz CT molecular complexity index is 549. The van der Waals surface area contributed by atoms with Crippen LogP contribution in [0.3, 0.4) is 0 Å². The minimum Gasteiger partial charge on any atom is -0.394 e. The van der Waals surface area contributed by atoms with Gasteiger partial charge in [-0.3, -0.25) is 9.36 Å². The fraction of sp³-hybridized carbons (Fsp3) is 0.667. The molecule has 1 aliphatic rings. The molecular weight excluding hydrogens is 234 g/mol. The van der Waals surface area contributed by atoms with E-state index in [1.54, 1.807) is 13.2 Å². The van der Waals surface area contributed by atoms with Gasteiger partial charge in [-0.15, -0.1) is 0 Å². The number of aromatic nitrogens is 2. The third-order valence-corrected chi connectivity index (χ3v) is 3.78. The first-order valence-corrected chi connectivity index (χ1v) is 6.10. The van der Waals surface area contributed by atoms with Gasteiger partial charge in [0.2, 0.25) is 0 Å². The lowest BCUT2D eigenvalue weighted by Gasteiger charge is -2.41. The molecule has 0 bridgehead atoms. The molecular formula is C12H19N3O3. The SMILES string of the molecule is Cn1cc(CNC2(CO)CCC2)c(=O)n(C)c1=O. The number of nitrogens with zero attached hydrogens (tertiary/aromatic N) is 2. The molecule has 100 valence electrons. The molecule has 18 heavy (non-hydrogen) atoms. The highest BCUT2D eigenvalue weighted by molar-refractivity contribution is 5.07. The highest BCUT2D eigenvalue weighted by atomic mass is 16.3. The van der Waals surface area contributed by atoms with Gasteiger partial charge in [0.05, 0.1) is 6.61 Å². The van der Waals surface area contributed by atoms with Crippen molar-refractivity contribution in [1.82, 2.24) is 14.5 Å². The van der Waals surface area contributed by atoms with Crippen LogP contribution in [-0.2, 0) is 20.6 Å². The van der Waals surface area contributed by atoms with Crippen molar-refractivity contribution < 1.29 is 5.11 Å². The van der Waals surface area contributed by atoms with Crippen molar-refractivity contribution in [2.24, 2.45) is 14.1 Å². The van der Waals surface area contributed by atoms with E-state index in [0.717, 1.165) is 23.8 Å². The van der Waals surface area contributed by atoms with Crippen LogP contribution >= 0.6 is 0 Å². The number of hydrogen-bond acceptors (Lipinski definition) is 4. The summed E-state index contributed by atoms with van der Waals surface area (Å²) in [6, 6.07) is 0. The van der Waals surface area contributed by atoms with E-state index in [-0.39, 0.29) is 23.4 Å². The second-order valence-electron chi connectivity index (χ2n) is 5.06. The molecule has 1 aromatic heterocycles. The lowest BCUT2D eigenvalue weighted by molar-refractivity contribution is 0.0870. The molecule has 1 aliphatic carbocycles. The summed E-state index contributed by atoms with van der Waals surface area (Å²) in [7, 11) is 3.09. The van der Waals surface area contributed by atoms with E-state index in [4.69, 9.17) is 0 Å². The minimum absolute atomic E-state index is 0.0824. The number of aliphatic hydroxyl groups is 1. The first-order chi connectivity index (χ1) is 8.49. The number of aliphatic hydroxyl groups excluding tert-OH is 1. The standard InChI is InChI=1S/C12H19N3O3/c1-14-7-9(10(17)15(2)11(14)18)6-13-12(8-16)4-3-5-12/h7,13,16H,3-6,8H2,1-2H3. The molecule has 0 atom stereocenters. The van der Waals surface area contributed by atoms with Crippen LogP contribution in [-0.4, -0.2) is 26.4 Å². The summed E-state index contributed by atoms with van der Waals surface area (Å²) in [5.41, 5.74) is -0.304. The Morgan fingerprint density at radius 2 is 2.06 bits per heavy atom. The third-order valence-electron chi connectivity index (χ3n) is 3.78. The lowest BCUT2D eigenvalue weighted by Crippen LogP contribution is -2.54. The predicted octanol–water partition coefficient (Wildman–Crippen LogP) is -0.911. The number of rotatable bonds is 4. The Hall–Kier alpha value is -1.40. The highest BCUT2D eigenvalue weighted by Gasteiger charge is 2.35. The van der Waals surface area contributed by atoms with Gasteiger partial charge in [0.1, 0.15) is 0 Å². The maximum Gasteiger partial charge on any atom is 0.330 e. The molecule has 1 fully saturated rings. The van der Waals surface area contributed by atoms with E-state index in [9.17, 15) is 14.7 Å². The normalized spacial score (nSPS) is 17.5. The summed E-state index contributed by atoms with van der Waals surface area (Å²) >= 11 is 0. The van der Waals surface area contributed by atoms with Crippen LogP contribution in [0.4, 0.5) is 0 Å². The van der Waals surface area contributed by atoms with E-state index in [1.165, 1.54) is 11.6 Å². The van der Waals surface area contributed by atoms with Gasteiger partial charge >= 0.3 is 5.69 Å². The molecule has 2 rings (SSSR count). The third kappa shape index (κ3) is 2.13. The first-order valence-electron chi connectivity index (χ1n) is 6.10. The zero-order chi connectivity index (χ0) is 13.3. The zero-order valence-corrected chi connectivity index (χ0v) is 10.8. The van der Waals surface area contributed by atoms with E-state index < -0.39 is 0 Å². The number of nitrogens with one attached hydrogen (secondary N) is 1. The highest BCUT2D eigenvalue weighted by Crippen LogP contribution is 2.31. The van der Waals surface area contributed by atoms with Gasteiger partial charge in [-0.25, -0.2) is 4.79 Å². The Morgan fingerprint density at radius 1 is 1.39 bits per heavy atom. The van der Waals surface area contributed by atoms with Crippen LogP contribution in [0.2, 0.25) is 0 Å². The van der Waals surface area contributed by atoms with Gasteiger partial charge in [-0.2, -0.15) is 0 Å². The molecule has 2 N–H and O–H groups in total.